The molecule has 0 radical (unpaired) electrons. The summed E-state index contributed by atoms with van der Waals surface area (Å²) in [5.74, 6) is -0.927. The molecule has 1 aromatic rings. The number of carbonyl (C=O) groups excluding carboxylic acids is 2. The predicted molar refractivity (Wildman–Crippen MR) is 77.7 cm³/mol. The van der Waals surface area contributed by atoms with Crippen molar-refractivity contribution in [1.82, 2.24) is 5.32 Å². The summed E-state index contributed by atoms with van der Waals surface area (Å²) in [5, 5.41) is 13.3. The Hall–Kier alpha value is -1.88. The van der Waals surface area contributed by atoms with Crippen LogP contribution in [0, 0.1) is 0 Å². The number of hydrogen-bond acceptors (Lipinski definition) is 4. The zero-order valence-electron chi connectivity index (χ0n) is 12.6. The summed E-state index contributed by atoms with van der Waals surface area (Å²) in [6.07, 6.45) is 1.02. The van der Waals surface area contributed by atoms with Crippen molar-refractivity contribution in [2.45, 2.75) is 44.8 Å². The maximum Gasteiger partial charge on any atom is 0.303 e. The average Bonchev–Trinajstić information content (AvgIpc) is 2.71. The molecular weight excluding hydrogens is 270 g/mol. The molecule has 2 N–H and O–H groups in total. The number of ether oxygens (including phenoxy) is 1. The van der Waals surface area contributed by atoms with Gasteiger partial charge in [0.15, 0.2) is 5.60 Å². The summed E-state index contributed by atoms with van der Waals surface area (Å²) in [6, 6.07) is 7.84. The first-order valence-corrected chi connectivity index (χ1v) is 6.99. The van der Waals surface area contributed by atoms with Gasteiger partial charge in [-0.05, 0) is 25.0 Å². The number of carbonyl (C=O) groups is 2. The van der Waals surface area contributed by atoms with Gasteiger partial charge in [0.1, 0.15) is 0 Å². The summed E-state index contributed by atoms with van der Waals surface area (Å²) in [6.45, 7) is 4.44. The minimum atomic E-state index is -1.24. The van der Waals surface area contributed by atoms with Gasteiger partial charge in [-0.2, -0.15) is 0 Å². The van der Waals surface area contributed by atoms with E-state index in [4.69, 9.17) is 4.74 Å². The number of benzene rings is 1. The van der Waals surface area contributed by atoms with E-state index < -0.39 is 23.1 Å². The largest absolute Gasteiger partial charge is 0.450 e. The molecule has 0 aliphatic heterocycles. The van der Waals surface area contributed by atoms with Crippen molar-refractivity contribution in [3.63, 3.8) is 0 Å². The molecule has 1 aliphatic carbocycles. The zero-order chi connectivity index (χ0) is 15.7. The van der Waals surface area contributed by atoms with Crippen LogP contribution >= 0.6 is 0 Å². The molecule has 1 amide bonds. The molecule has 21 heavy (non-hydrogen) atoms. The highest BCUT2D eigenvalue weighted by atomic mass is 16.6. The molecule has 0 saturated heterocycles. The van der Waals surface area contributed by atoms with Gasteiger partial charge in [0.2, 0.25) is 0 Å². The van der Waals surface area contributed by atoms with Crippen LogP contribution in [0.15, 0.2) is 24.3 Å². The lowest BCUT2D eigenvalue weighted by atomic mass is 10.00. The minimum Gasteiger partial charge on any atom is -0.450 e. The van der Waals surface area contributed by atoms with Crippen LogP contribution in [0.2, 0.25) is 0 Å². The van der Waals surface area contributed by atoms with E-state index in [2.05, 4.69) is 5.32 Å². The molecule has 1 aromatic carbocycles. The fraction of sp³-hybridized carbons (Fsp3) is 0.500. The van der Waals surface area contributed by atoms with Crippen LogP contribution in [0.25, 0.3) is 0 Å². The van der Waals surface area contributed by atoms with E-state index in [1.54, 1.807) is 0 Å². The lowest BCUT2D eigenvalue weighted by molar-refractivity contribution is -0.163. The van der Waals surface area contributed by atoms with Crippen LogP contribution < -0.4 is 5.32 Å². The van der Waals surface area contributed by atoms with Crippen LogP contribution in [0.1, 0.15) is 31.9 Å². The summed E-state index contributed by atoms with van der Waals surface area (Å²) in [5.41, 5.74) is -0.0127. The van der Waals surface area contributed by atoms with E-state index in [9.17, 15) is 14.7 Å². The summed E-state index contributed by atoms with van der Waals surface area (Å²) in [7, 11) is 0. The van der Waals surface area contributed by atoms with Crippen LogP contribution in [0.3, 0.4) is 0 Å². The Bertz CT molecular complexity index is 540. The van der Waals surface area contributed by atoms with Gasteiger partial charge in [0.05, 0.1) is 5.60 Å². The molecular formula is C16H21NO4. The van der Waals surface area contributed by atoms with Crippen molar-refractivity contribution in [2.75, 3.05) is 6.54 Å². The molecule has 0 atom stereocenters. The normalized spacial score (nSPS) is 16.2. The van der Waals surface area contributed by atoms with Gasteiger partial charge >= 0.3 is 5.97 Å². The number of rotatable bonds is 4. The molecule has 0 heterocycles. The van der Waals surface area contributed by atoms with E-state index in [0.717, 1.165) is 11.1 Å². The molecule has 0 fully saturated rings. The summed E-state index contributed by atoms with van der Waals surface area (Å²) in [4.78, 5) is 23.1. The van der Waals surface area contributed by atoms with E-state index >= 15 is 0 Å². The highest BCUT2D eigenvalue weighted by molar-refractivity contribution is 5.86. The fourth-order valence-corrected chi connectivity index (χ4v) is 2.66. The standard InChI is InChI=1S/C16H21NO4/c1-11(18)21-15(2,3)14(19)17-10-16(20)8-12-6-4-5-7-13(12)9-16/h4-7,20H,8-10H2,1-3H3,(H,17,19). The van der Waals surface area contributed by atoms with Crippen LogP contribution in [-0.2, 0) is 27.2 Å². The first-order chi connectivity index (χ1) is 9.72. The summed E-state index contributed by atoms with van der Waals surface area (Å²) >= 11 is 0. The van der Waals surface area contributed by atoms with Gasteiger partial charge in [0.25, 0.3) is 5.91 Å². The monoisotopic (exact) mass is 291 g/mol. The van der Waals surface area contributed by atoms with E-state index in [1.807, 2.05) is 24.3 Å². The highest BCUT2D eigenvalue weighted by Gasteiger charge is 2.37. The Labute approximate surface area is 124 Å². The first-order valence-electron chi connectivity index (χ1n) is 6.99. The van der Waals surface area contributed by atoms with Crippen LogP contribution in [0.4, 0.5) is 0 Å². The Morgan fingerprint density at radius 3 is 2.29 bits per heavy atom. The van der Waals surface area contributed by atoms with Crippen LogP contribution in [0.5, 0.6) is 0 Å². The van der Waals surface area contributed by atoms with Gasteiger partial charge in [-0.3, -0.25) is 9.59 Å². The molecule has 0 bridgehead atoms. The topological polar surface area (TPSA) is 75.6 Å². The van der Waals surface area contributed by atoms with Crippen molar-refractivity contribution in [3.8, 4) is 0 Å². The number of esters is 1. The lowest BCUT2D eigenvalue weighted by Crippen LogP contribution is -2.51. The van der Waals surface area contributed by atoms with E-state index in [1.165, 1.54) is 20.8 Å². The first kappa shape index (κ1) is 15.5. The number of amides is 1. The Kier molecular flexibility index (Phi) is 4.05. The second-order valence-corrected chi connectivity index (χ2v) is 6.13. The maximum atomic E-state index is 12.1. The Morgan fingerprint density at radius 1 is 1.29 bits per heavy atom. The fourth-order valence-electron chi connectivity index (χ4n) is 2.66. The van der Waals surface area contributed by atoms with Gasteiger partial charge in [-0.25, -0.2) is 0 Å². The average molecular weight is 291 g/mol. The van der Waals surface area contributed by atoms with Crippen molar-refractivity contribution in [3.05, 3.63) is 35.4 Å². The van der Waals surface area contributed by atoms with E-state index in [0.29, 0.717) is 12.8 Å². The second kappa shape index (κ2) is 5.48. The Morgan fingerprint density at radius 2 is 1.81 bits per heavy atom. The SMILES string of the molecule is CC(=O)OC(C)(C)C(=O)NCC1(O)Cc2ccccc2C1. The molecule has 1 aliphatic rings. The maximum absolute atomic E-state index is 12.1. The molecule has 5 nitrogen and oxygen atoms in total. The molecule has 0 saturated carbocycles. The van der Waals surface area contributed by atoms with Gasteiger partial charge in [-0.15, -0.1) is 0 Å². The van der Waals surface area contributed by atoms with Crippen molar-refractivity contribution < 1.29 is 19.4 Å². The summed E-state index contributed by atoms with van der Waals surface area (Å²) < 4.78 is 4.98. The smallest absolute Gasteiger partial charge is 0.303 e. The van der Waals surface area contributed by atoms with Crippen molar-refractivity contribution in [1.29, 1.82) is 0 Å². The number of hydrogen-bond donors (Lipinski definition) is 2. The number of fused-ring (bicyclic) bond motifs is 1. The van der Waals surface area contributed by atoms with Gasteiger partial charge in [-0.1, -0.05) is 24.3 Å². The van der Waals surface area contributed by atoms with Gasteiger partial charge < -0.3 is 15.2 Å². The second-order valence-electron chi connectivity index (χ2n) is 6.13. The van der Waals surface area contributed by atoms with Gasteiger partial charge in [0, 0.05) is 26.3 Å². The number of nitrogens with one attached hydrogen (secondary N) is 1. The Balaban J connectivity index is 1.95. The third-order valence-corrected chi connectivity index (χ3v) is 3.68. The quantitative estimate of drug-likeness (QED) is 0.811. The molecule has 114 valence electrons. The van der Waals surface area contributed by atoms with E-state index in [-0.39, 0.29) is 6.54 Å². The van der Waals surface area contributed by atoms with Crippen molar-refractivity contribution >= 4 is 11.9 Å². The minimum absolute atomic E-state index is 0.130. The molecule has 0 unspecified atom stereocenters. The van der Waals surface area contributed by atoms with Crippen LogP contribution in [-0.4, -0.2) is 34.7 Å². The lowest BCUT2D eigenvalue weighted by Gasteiger charge is -2.27. The van der Waals surface area contributed by atoms with Crippen molar-refractivity contribution in [2.24, 2.45) is 0 Å². The predicted octanol–water partition coefficient (Wildman–Crippen LogP) is 0.974. The molecule has 5 heteroatoms. The third-order valence-electron chi connectivity index (χ3n) is 3.68. The highest BCUT2D eigenvalue weighted by Crippen LogP contribution is 2.29. The number of aliphatic hydroxyl groups is 1. The molecule has 2 rings (SSSR count). The molecule has 0 aromatic heterocycles. The third kappa shape index (κ3) is 3.61. The zero-order valence-corrected chi connectivity index (χ0v) is 12.6. The molecule has 0 spiro atoms.